The third kappa shape index (κ3) is 1.95. The zero-order chi connectivity index (χ0) is 9.97. The van der Waals surface area contributed by atoms with Gasteiger partial charge in [0.2, 0.25) is 0 Å². The summed E-state index contributed by atoms with van der Waals surface area (Å²) in [5, 5.41) is 8.85. The zero-order valence-electron chi connectivity index (χ0n) is 8.17. The molecule has 14 heavy (non-hydrogen) atoms. The van der Waals surface area contributed by atoms with Gasteiger partial charge in [-0.25, -0.2) is 4.39 Å². The van der Waals surface area contributed by atoms with Gasteiger partial charge in [-0.05, 0) is 54.9 Å². The van der Waals surface area contributed by atoms with Crippen LogP contribution in [-0.4, -0.2) is 11.7 Å². The van der Waals surface area contributed by atoms with Gasteiger partial charge < -0.3 is 5.11 Å². The molecule has 0 heterocycles. The van der Waals surface area contributed by atoms with Crippen molar-refractivity contribution in [3.05, 3.63) is 35.1 Å². The van der Waals surface area contributed by atoms with Gasteiger partial charge in [0.05, 0.1) is 0 Å². The van der Waals surface area contributed by atoms with Crippen molar-refractivity contribution in [2.24, 2.45) is 5.92 Å². The molecule has 1 nitrogen and oxygen atoms in total. The topological polar surface area (TPSA) is 20.2 Å². The molecule has 0 saturated heterocycles. The largest absolute Gasteiger partial charge is 0.396 e. The Morgan fingerprint density at radius 2 is 2.21 bits per heavy atom. The Balaban J connectivity index is 2.16. The van der Waals surface area contributed by atoms with E-state index in [-0.39, 0.29) is 12.4 Å². The van der Waals surface area contributed by atoms with Crippen LogP contribution in [0.4, 0.5) is 4.39 Å². The van der Waals surface area contributed by atoms with Crippen molar-refractivity contribution >= 4 is 0 Å². The summed E-state index contributed by atoms with van der Waals surface area (Å²) in [6.45, 7) is 0.245. The van der Waals surface area contributed by atoms with Crippen molar-refractivity contribution in [2.75, 3.05) is 6.61 Å². The molecule has 1 atom stereocenters. The van der Waals surface area contributed by atoms with Crippen LogP contribution < -0.4 is 0 Å². The Hall–Kier alpha value is -0.890. The first kappa shape index (κ1) is 9.66. The van der Waals surface area contributed by atoms with E-state index in [0.29, 0.717) is 5.92 Å². The molecule has 0 bridgehead atoms. The van der Waals surface area contributed by atoms with Crippen molar-refractivity contribution < 1.29 is 9.50 Å². The second kappa shape index (κ2) is 4.09. The van der Waals surface area contributed by atoms with Crippen LogP contribution in [0.25, 0.3) is 0 Å². The fourth-order valence-corrected chi connectivity index (χ4v) is 2.23. The van der Waals surface area contributed by atoms with E-state index in [1.165, 1.54) is 11.6 Å². The van der Waals surface area contributed by atoms with Gasteiger partial charge in [0.25, 0.3) is 0 Å². The summed E-state index contributed by atoms with van der Waals surface area (Å²) in [5.41, 5.74) is 2.41. The van der Waals surface area contributed by atoms with Crippen LogP contribution in [0, 0.1) is 11.7 Å². The van der Waals surface area contributed by atoms with E-state index < -0.39 is 0 Å². The van der Waals surface area contributed by atoms with E-state index in [9.17, 15) is 4.39 Å². The van der Waals surface area contributed by atoms with Gasteiger partial charge in [0.15, 0.2) is 0 Å². The Kier molecular flexibility index (Phi) is 2.82. The van der Waals surface area contributed by atoms with E-state index in [0.717, 1.165) is 31.2 Å². The molecule has 1 unspecified atom stereocenters. The fourth-order valence-electron chi connectivity index (χ4n) is 2.23. The molecule has 0 saturated carbocycles. The quantitative estimate of drug-likeness (QED) is 0.766. The molecule has 0 spiro atoms. The number of aliphatic hydroxyl groups is 1. The van der Waals surface area contributed by atoms with E-state index in [4.69, 9.17) is 5.11 Å². The minimum absolute atomic E-state index is 0.145. The third-order valence-corrected chi connectivity index (χ3v) is 3.04. The van der Waals surface area contributed by atoms with Crippen molar-refractivity contribution in [1.82, 2.24) is 0 Å². The summed E-state index contributed by atoms with van der Waals surface area (Å²) in [5.74, 6) is 0.391. The van der Waals surface area contributed by atoms with Crippen molar-refractivity contribution in [1.29, 1.82) is 0 Å². The molecule has 0 fully saturated rings. The predicted molar refractivity (Wildman–Crippen MR) is 53.6 cm³/mol. The third-order valence-electron chi connectivity index (χ3n) is 3.04. The van der Waals surface area contributed by atoms with Crippen LogP contribution in [0.5, 0.6) is 0 Å². The number of halogens is 1. The number of aliphatic hydroxyl groups excluding tert-OH is 1. The minimum Gasteiger partial charge on any atom is -0.396 e. The van der Waals surface area contributed by atoms with E-state index in [1.54, 1.807) is 6.07 Å². The SMILES string of the molecule is OCCC1CCc2ccc(F)cc2C1. The van der Waals surface area contributed by atoms with Crippen LogP contribution in [0.3, 0.4) is 0 Å². The predicted octanol–water partition coefficient (Wildman–Crippen LogP) is 2.31. The average molecular weight is 194 g/mol. The first-order valence-corrected chi connectivity index (χ1v) is 5.18. The van der Waals surface area contributed by atoms with Crippen LogP contribution in [0.2, 0.25) is 0 Å². The molecule has 0 radical (unpaired) electrons. The van der Waals surface area contributed by atoms with Crippen LogP contribution >= 0.6 is 0 Å². The van der Waals surface area contributed by atoms with Gasteiger partial charge >= 0.3 is 0 Å². The van der Waals surface area contributed by atoms with E-state index in [1.807, 2.05) is 6.07 Å². The lowest BCUT2D eigenvalue weighted by atomic mass is 9.82. The number of hydrogen-bond acceptors (Lipinski definition) is 1. The average Bonchev–Trinajstić information content (AvgIpc) is 2.17. The van der Waals surface area contributed by atoms with Gasteiger partial charge in [-0.1, -0.05) is 6.07 Å². The van der Waals surface area contributed by atoms with Gasteiger partial charge in [0.1, 0.15) is 5.82 Å². The molecule has 76 valence electrons. The number of fused-ring (bicyclic) bond motifs is 1. The Morgan fingerprint density at radius 3 is 3.00 bits per heavy atom. The van der Waals surface area contributed by atoms with Gasteiger partial charge in [-0.15, -0.1) is 0 Å². The van der Waals surface area contributed by atoms with E-state index in [2.05, 4.69) is 0 Å². The highest BCUT2D eigenvalue weighted by atomic mass is 19.1. The summed E-state index contributed by atoms with van der Waals surface area (Å²) in [6.07, 6.45) is 3.92. The number of rotatable bonds is 2. The normalized spacial score (nSPS) is 20.6. The number of benzene rings is 1. The number of hydrogen-bond donors (Lipinski definition) is 1. The van der Waals surface area contributed by atoms with Crippen LogP contribution in [0.15, 0.2) is 18.2 Å². The van der Waals surface area contributed by atoms with Crippen LogP contribution in [0.1, 0.15) is 24.0 Å². The van der Waals surface area contributed by atoms with Crippen LogP contribution in [-0.2, 0) is 12.8 Å². The molecule has 1 N–H and O–H groups in total. The highest BCUT2D eigenvalue weighted by Crippen LogP contribution is 2.27. The molecule has 0 amide bonds. The van der Waals surface area contributed by atoms with Gasteiger partial charge in [-0.2, -0.15) is 0 Å². The standard InChI is InChI=1S/C12H15FO/c13-12-4-3-10-2-1-9(5-6-14)7-11(10)8-12/h3-4,8-9,14H,1-2,5-7H2. The monoisotopic (exact) mass is 194 g/mol. The first-order chi connectivity index (χ1) is 6.79. The van der Waals surface area contributed by atoms with Gasteiger partial charge in [0, 0.05) is 6.61 Å². The molecule has 0 aromatic heterocycles. The molecule has 1 aliphatic carbocycles. The molecule has 0 aliphatic heterocycles. The Morgan fingerprint density at radius 1 is 1.36 bits per heavy atom. The van der Waals surface area contributed by atoms with Gasteiger partial charge in [-0.3, -0.25) is 0 Å². The molecular weight excluding hydrogens is 179 g/mol. The highest BCUT2D eigenvalue weighted by molar-refractivity contribution is 5.30. The minimum atomic E-state index is -0.145. The van der Waals surface area contributed by atoms with Crippen molar-refractivity contribution in [3.63, 3.8) is 0 Å². The molecular formula is C12H15FO. The Labute approximate surface area is 83.6 Å². The Bertz CT molecular complexity index is 322. The summed E-state index contributed by atoms with van der Waals surface area (Å²) in [4.78, 5) is 0. The molecule has 1 aromatic rings. The fraction of sp³-hybridized carbons (Fsp3) is 0.500. The molecule has 1 aliphatic rings. The second-order valence-electron chi connectivity index (χ2n) is 4.03. The lowest BCUT2D eigenvalue weighted by molar-refractivity contribution is 0.248. The van der Waals surface area contributed by atoms with Crippen molar-refractivity contribution in [2.45, 2.75) is 25.7 Å². The highest BCUT2D eigenvalue weighted by Gasteiger charge is 2.18. The lowest BCUT2D eigenvalue weighted by Crippen LogP contribution is -2.15. The van der Waals surface area contributed by atoms with Crippen molar-refractivity contribution in [3.8, 4) is 0 Å². The summed E-state index contributed by atoms with van der Waals surface area (Å²) in [7, 11) is 0. The number of aryl methyl sites for hydroxylation is 1. The second-order valence-corrected chi connectivity index (χ2v) is 4.03. The summed E-state index contributed by atoms with van der Waals surface area (Å²) < 4.78 is 13.0. The van der Waals surface area contributed by atoms with E-state index >= 15 is 0 Å². The summed E-state index contributed by atoms with van der Waals surface area (Å²) >= 11 is 0. The smallest absolute Gasteiger partial charge is 0.123 e. The molecule has 1 aromatic carbocycles. The maximum absolute atomic E-state index is 13.0. The summed E-state index contributed by atoms with van der Waals surface area (Å²) in [6, 6.07) is 5.06. The molecule has 2 rings (SSSR count). The maximum Gasteiger partial charge on any atom is 0.123 e. The zero-order valence-corrected chi connectivity index (χ0v) is 8.17. The lowest BCUT2D eigenvalue weighted by Gasteiger charge is -2.23. The first-order valence-electron chi connectivity index (χ1n) is 5.18. The molecule has 2 heteroatoms. The maximum atomic E-state index is 13.0.